The minimum Gasteiger partial charge on any atom is -0.480 e. The van der Waals surface area contributed by atoms with Gasteiger partial charge in [-0.3, -0.25) is 4.79 Å². The molecule has 1 N–H and O–H groups in total. The van der Waals surface area contributed by atoms with Crippen molar-refractivity contribution in [3.05, 3.63) is 28.2 Å². The van der Waals surface area contributed by atoms with Crippen LogP contribution in [-0.2, 0) is 14.8 Å². The Morgan fingerprint density at radius 1 is 1.40 bits per heavy atom. The molecule has 0 heterocycles. The Labute approximate surface area is 128 Å². The zero-order valence-corrected chi connectivity index (χ0v) is 13.3. The molecule has 0 aromatic heterocycles. The van der Waals surface area contributed by atoms with Crippen LogP contribution in [0.2, 0.25) is 10.0 Å². The first kappa shape index (κ1) is 17.2. The molecule has 1 rings (SSSR count). The van der Waals surface area contributed by atoms with Gasteiger partial charge in [0.25, 0.3) is 0 Å². The van der Waals surface area contributed by atoms with E-state index < -0.39 is 28.6 Å². The van der Waals surface area contributed by atoms with Gasteiger partial charge in [0, 0.05) is 6.04 Å². The Balaban J connectivity index is 3.36. The molecule has 1 unspecified atom stereocenters. The number of carboxylic acids is 1. The summed E-state index contributed by atoms with van der Waals surface area (Å²) in [5.41, 5.74) is 0. The van der Waals surface area contributed by atoms with E-state index in [1.165, 1.54) is 18.2 Å². The van der Waals surface area contributed by atoms with Gasteiger partial charge in [-0.1, -0.05) is 36.2 Å². The Bertz CT molecular complexity index is 603. The van der Waals surface area contributed by atoms with E-state index in [-0.39, 0.29) is 14.9 Å². The van der Waals surface area contributed by atoms with E-state index in [2.05, 4.69) is 0 Å². The highest BCUT2D eigenvalue weighted by molar-refractivity contribution is 7.89. The Morgan fingerprint density at radius 2 is 2.00 bits per heavy atom. The van der Waals surface area contributed by atoms with Crippen molar-refractivity contribution in [2.45, 2.75) is 31.2 Å². The second kappa shape index (κ2) is 6.76. The van der Waals surface area contributed by atoms with Gasteiger partial charge in [0.05, 0.1) is 10.0 Å². The van der Waals surface area contributed by atoms with Gasteiger partial charge in [0.15, 0.2) is 0 Å². The van der Waals surface area contributed by atoms with Gasteiger partial charge >= 0.3 is 5.97 Å². The van der Waals surface area contributed by atoms with Gasteiger partial charge < -0.3 is 5.11 Å². The minimum absolute atomic E-state index is 0.104. The summed E-state index contributed by atoms with van der Waals surface area (Å²) in [6.45, 7) is 2.79. The summed E-state index contributed by atoms with van der Waals surface area (Å²) in [5.74, 6) is -1.23. The number of nitrogens with zero attached hydrogens (tertiary/aromatic N) is 1. The molecule has 0 aliphatic carbocycles. The molecule has 0 saturated heterocycles. The lowest BCUT2D eigenvalue weighted by Gasteiger charge is -2.26. The van der Waals surface area contributed by atoms with Crippen LogP contribution in [0.25, 0.3) is 0 Å². The number of hydrogen-bond acceptors (Lipinski definition) is 3. The van der Waals surface area contributed by atoms with E-state index in [1.54, 1.807) is 13.8 Å². The summed E-state index contributed by atoms with van der Waals surface area (Å²) < 4.78 is 26.0. The molecule has 20 heavy (non-hydrogen) atoms. The molecule has 1 aromatic rings. The second-order valence-electron chi connectivity index (χ2n) is 4.25. The van der Waals surface area contributed by atoms with Crippen molar-refractivity contribution in [3.63, 3.8) is 0 Å². The van der Waals surface area contributed by atoms with Crippen LogP contribution in [0.5, 0.6) is 0 Å². The molecule has 0 aliphatic heterocycles. The maximum Gasteiger partial charge on any atom is 0.318 e. The zero-order chi connectivity index (χ0) is 15.5. The smallest absolute Gasteiger partial charge is 0.318 e. The first-order valence-corrected chi connectivity index (χ1v) is 8.09. The minimum atomic E-state index is -4.02. The quantitative estimate of drug-likeness (QED) is 0.864. The van der Waals surface area contributed by atoms with E-state index in [9.17, 15) is 13.2 Å². The molecule has 0 radical (unpaired) electrons. The summed E-state index contributed by atoms with van der Waals surface area (Å²) >= 11 is 11.7. The molecule has 0 fully saturated rings. The average molecular weight is 340 g/mol. The Kier molecular flexibility index (Phi) is 5.82. The van der Waals surface area contributed by atoms with E-state index in [0.29, 0.717) is 6.42 Å². The highest BCUT2D eigenvalue weighted by Gasteiger charge is 2.32. The van der Waals surface area contributed by atoms with Crippen LogP contribution < -0.4 is 0 Å². The molecule has 0 bridgehead atoms. The predicted molar refractivity (Wildman–Crippen MR) is 77.7 cm³/mol. The number of carbonyl (C=O) groups is 1. The highest BCUT2D eigenvalue weighted by Crippen LogP contribution is 2.31. The van der Waals surface area contributed by atoms with E-state index in [1.807, 2.05) is 0 Å². The highest BCUT2D eigenvalue weighted by atomic mass is 35.5. The maximum atomic E-state index is 12.6. The zero-order valence-electron chi connectivity index (χ0n) is 11.0. The molecule has 8 heteroatoms. The van der Waals surface area contributed by atoms with Crippen molar-refractivity contribution in [1.29, 1.82) is 0 Å². The van der Waals surface area contributed by atoms with Crippen LogP contribution in [0.1, 0.15) is 20.3 Å². The largest absolute Gasteiger partial charge is 0.480 e. The molecule has 0 spiro atoms. The number of halogens is 2. The molecule has 0 saturated carbocycles. The summed E-state index contributed by atoms with van der Waals surface area (Å²) in [7, 11) is -4.02. The molecular weight excluding hydrogens is 325 g/mol. The lowest BCUT2D eigenvalue weighted by molar-refractivity contribution is -0.137. The van der Waals surface area contributed by atoms with Crippen molar-refractivity contribution >= 4 is 39.2 Å². The summed E-state index contributed by atoms with van der Waals surface area (Å²) in [6, 6.07) is 3.76. The lowest BCUT2D eigenvalue weighted by atomic mass is 10.2. The molecular formula is C12H15Cl2NO4S. The SMILES string of the molecule is CCC(C)N(CC(=O)O)S(=O)(=O)c1cccc(Cl)c1Cl. The van der Waals surface area contributed by atoms with Crippen molar-refractivity contribution in [1.82, 2.24) is 4.31 Å². The predicted octanol–water partition coefficient (Wildman–Crippen LogP) is 2.87. The first-order chi connectivity index (χ1) is 9.21. The van der Waals surface area contributed by atoms with E-state index >= 15 is 0 Å². The van der Waals surface area contributed by atoms with E-state index in [4.69, 9.17) is 28.3 Å². The average Bonchev–Trinajstić information content (AvgIpc) is 2.37. The van der Waals surface area contributed by atoms with Gasteiger partial charge in [-0.05, 0) is 25.5 Å². The maximum absolute atomic E-state index is 12.6. The van der Waals surface area contributed by atoms with Gasteiger partial charge in [-0.2, -0.15) is 4.31 Å². The van der Waals surface area contributed by atoms with Crippen LogP contribution >= 0.6 is 23.2 Å². The molecule has 5 nitrogen and oxygen atoms in total. The number of benzene rings is 1. The van der Waals surface area contributed by atoms with Crippen molar-refractivity contribution in [2.75, 3.05) is 6.54 Å². The number of sulfonamides is 1. The third-order valence-electron chi connectivity index (χ3n) is 2.88. The first-order valence-electron chi connectivity index (χ1n) is 5.89. The molecule has 0 aliphatic rings. The standard InChI is InChI=1S/C12H15Cl2NO4S/c1-3-8(2)15(7-11(16)17)20(18,19)10-6-4-5-9(13)12(10)14/h4-6,8H,3,7H2,1-2H3,(H,16,17). The molecule has 112 valence electrons. The van der Waals surface area contributed by atoms with Crippen LogP contribution in [0.3, 0.4) is 0 Å². The van der Waals surface area contributed by atoms with E-state index in [0.717, 1.165) is 4.31 Å². The van der Waals surface area contributed by atoms with Crippen molar-refractivity contribution in [2.24, 2.45) is 0 Å². The molecule has 1 atom stereocenters. The van der Waals surface area contributed by atoms with Crippen LogP contribution in [0.4, 0.5) is 0 Å². The third-order valence-corrected chi connectivity index (χ3v) is 5.81. The Morgan fingerprint density at radius 3 is 2.50 bits per heavy atom. The third kappa shape index (κ3) is 3.63. The topological polar surface area (TPSA) is 74.7 Å². The Hall–Kier alpha value is -0.820. The van der Waals surface area contributed by atoms with Gasteiger partial charge in [0.2, 0.25) is 10.0 Å². The second-order valence-corrected chi connectivity index (χ2v) is 6.90. The lowest BCUT2D eigenvalue weighted by Crippen LogP contribution is -2.41. The number of carboxylic acid groups (broad SMARTS) is 1. The van der Waals surface area contributed by atoms with Gasteiger partial charge in [0.1, 0.15) is 11.4 Å². The van der Waals surface area contributed by atoms with Crippen LogP contribution in [0, 0.1) is 0 Å². The monoisotopic (exact) mass is 339 g/mol. The fourth-order valence-corrected chi connectivity index (χ4v) is 4.02. The van der Waals surface area contributed by atoms with Crippen molar-refractivity contribution in [3.8, 4) is 0 Å². The van der Waals surface area contributed by atoms with Crippen molar-refractivity contribution < 1.29 is 18.3 Å². The van der Waals surface area contributed by atoms with Gasteiger partial charge in [-0.25, -0.2) is 8.42 Å². The summed E-state index contributed by atoms with van der Waals surface area (Å²) in [4.78, 5) is 10.7. The fraction of sp³-hybridized carbons (Fsp3) is 0.417. The molecule has 1 aromatic carbocycles. The number of aliphatic carboxylic acids is 1. The summed E-state index contributed by atoms with van der Waals surface area (Å²) in [5, 5.41) is 8.90. The molecule has 0 amide bonds. The number of hydrogen-bond donors (Lipinski definition) is 1. The van der Waals surface area contributed by atoms with Crippen LogP contribution in [-0.4, -0.2) is 36.4 Å². The number of rotatable bonds is 6. The van der Waals surface area contributed by atoms with Crippen LogP contribution in [0.15, 0.2) is 23.1 Å². The normalized spacial score (nSPS) is 13.4. The van der Waals surface area contributed by atoms with Gasteiger partial charge in [-0.15, -0.1) is 0 Å². The summed E-state index contributed by atoms with van der Waals surface area (Å²) in [6.07, 6.45) is 0.477. The fourth-order valence-electron chi connectivity index (χ4n) is 1.62.